The molecule has 0 unspecified atom stereocenters. The summed E-state index contributed by atoms with van der Waals surface area (Å²) < 4.78 is 188. The first kappa shape index (κ1) is 14.4. The maximum Gasteiger partial charge on any atom is 0.136 e. The van der Waals surface area contributed by atoms with Crippen LogP contribution >= 0.6 is 0 Å². The molecule has 49 heavy (non-hydrogen) atoms. The number of furan rings is 1. The highest BCUT2D eigenvalue weighted by atomic mass is 16.5. The molecule has 1 spiro atoms. The lowest BCUT2D eigenvalue weighted by atomic mass is 9.65. The zero-order chi connectivity index (χ0) is 48.6. The molecule has 0 N–H and O–H groups in total. The van der Waals surface area contributed by atoms with E-state index in [-0.39, 0.29) is 11.1 Å². The minimum absolute atomic E-state index is 0.173. The molecule has 2 aliphatic rings. The Morgan fingerprint density at radius 2 is 1.10 bits per heavy atom. The van der Waals surface area contributed by atoms with Crippen molar-refractivity contribution in [3.63, 3.8) is 0 Å². The van der Waals surface area contributed by atoms with E-state index in [1.807, 2.05) is 36.4 Å². The average molecular weight is 644 g/mol. The van der Waals surface area contributed by atoms with Gasteiger partial charge < -0.3 is 9.15 Å². The number of hydrogen-bond donors (Lipinski definition) is 0. The fourth-order valence-electron chi connectivity index (χ4n) is 7.34. The van der Waals surface area contributed by atoms with Gasteiger partial charge in [0.1, 0.15) is 22.7 Å². The van der Waals surface area contributed by atoms with Gasteiger partial charge in [0.15, 0.2) is 0 Å². The van der Waals surface area contributed by atoms with Crippen LogP contribution < -0.4 is 4.74 Å². The van der Waals surface area contributed by atoms with Crippen LogP contribution in [0.2, 0.25) is 0 Å². The van der Waals surface area contributed by atoms with Gasteiger partial charge in [0, 0.05) is 21.9 Å². The van der Waals surface area contributed by atoms with E-state index >= 15 is 0 Å². The van der Waals surface area contributed by atoms with Crippen molar-refractivity contribution in [3.8, 4) is 44.9 Å². The van der Waals surface area contributed by atoms with Gasteiger partial charge >= 0.3 is 0 Å². The van der Waals surface area contributed by atoms with Gasteiger partial charge in [-0.05, 0) is 91.6 Å². The zero-order valence-corrected chi connectivity index (χ0v) is 25.0. The molecule has 1 aromatic heterocycles. The smallest absolute Gasteiger partial charge is 0.136 e. The van der Waals surface area contributed by atoms with Crippen LogP contribution in [0.1, 0.15) is 48.3 Å². The highest BCUT2D eigenvalue weighted by Gasteiger charge is 2.51. The highest BCUT2D eigenvalue weighted by Crippen LogP contribution is 2.62. The Kier molecular flexibility index (Phi) is 2.88. The second-order valence-electron chi connectivity index (χ2n) is 11.7. The summed E-state index contributed by atoms with van der Waals surface area (Å²) in [5, 5.41) is 2.62. The summed E-state index contributed by atoms with van der Waals surface area (Å²) in [4.78, 5) is 0. The van der Waals surface area contributed by atoms with E-state index < -0.39 is 176 Å². The van der Waals surface area contributed by atoms with E-state index in [1.54, 1.807) is 18.2 Å². The number of fused-ring (bicyclic) bond motifs is 13. The van der Waals surface area contributed by atoms with Crippen molar-refractivity contribution in [3.05, 3.63) is 192 Å². The topological polar surface area (TPSA) is 22.4 Å². The third-order valence-electron chi connectivity index (χ3n) is 9.33. The maximum atomic E-state index is 10.3. The van der Waals surface area contributed by atoms with Gasteiger partial charge in [0.2, 0.25) is 0 Å². The zero-order valence-electron chi connectivity index (χ0n) is 44.0. The molecule has 0 fully saturated rings. The highest BCUT2D eigenvalue weighted by molar-refractivity contribution is 6.16. The summed E-state index contributed by atoms with van der Waals surface area (Å²) in [6, 6.07) is 0.352. The molecule has 0 atom stereocenters. The molecule has 2 nitrogen and oxygen atoms in total. The van der Waals surface area contributed by atoms with Crippen LogP contribution in [0.4, 0.5) is 0 Å². The molecule has 0 saturated heterocycles. The van der Waals surface area contributed by atoms with Crippen LogP contribution in [-0.2, 0) is 5.41 Å². The minimum Gasteiger partial charge on any atom is -0.457 e. The largest absolute Gasteiger partial charge is 0.457 e. The van der Waals surface area contributed by atoms with E-state index in [0.29, 0.717) is 21.9 Å². The molecule has 228 valence electrons. The lowest BCUT2D eigenvalue weighted by Crippen LogP contribution is -2.32. The van der Waals surface area contributed by atoms with Crippen molar-refractivity contribution in [2.75, 3.05) is 0 Å². The summed E-state index contributed by atoms with van der Waals surface area (Å²) in [5.41, 5.74) is -6.54. The monoisotopic (exact) mass is 643 g/mol. The Morgan fingerprint density at radius 1 is 0.469 bits per heavy atom. The van der Waals surface area contributed by atoms with Gasteiger partial charge in [0.25, 0.3) is 0 Å². The molecule has 0 bridgehead atoms. The Balaban J connectivity index is 1.38. The normalized spacial score (nSPS) is 19.1. The quantitative estimate of drug-likeness (QED) is 0.187. The molecular formula is C47H28O2. The van der Waals surface area contributed by atoms with Crippen LogP contribution in [0.25, 0.3) is 66.1 Å². The van der Waals surface area contributed by atoms with Crippen molar-refractivity contribution < 1.29 is 35.2 Å². The molecule has 0 radical (unpaired) electrons. The third-order valence-corrected chi connectivity index (χ3v) is 9.33. The second kappa shape index (κ2) is 9.82. The molecule has 1 aliphatic heterocycles. The SMILES string of the molecule is [2H]c1c([2H])c([2H])c2c(c1[2H])Oc1c([2H])c([2H])c(-c3c([2H])c([2H])c([2H])c([2H])c3-c3cccc4oc5cc6ccccc6cc5c34)c([2H])c1C21c2c([2H])c([2H])c([2H])c([2H])c2-c2c([2H])c([2H])c([2H])c([2H])c21. The van der Waals surface area contributed by atoms with E-state index in [1.165, 1.54) is 0 Å². The summed E-state index contributed by atoms with van der Waals surface area (Å²) >= 11 is 0. The predicted octanol–water partition coefficient (Wildman–Crippen LogP) is 12.5. The fourth-order valence-corrected chi connectivity index (χ4v) is 7.34. The Hall–Kier alpha value is -6.38. The first-order chi connectivity index (χ1) is 32.2. The van der Waals surface area contributed by atoms with E-state index in [4.69, 9.17) is 21.5 Å². The summed E-state index contributed by atoms with van der Waals surface area (Å²) in [5.74, 6) is -1.45. The Morgan fingerprint density at radius 3 is 1.88 bits per heavy atom. The number of rotatable bonds is 2. The Labute approximate surface area is 310 Å². The molecule has 9 aromatic rings. The molecule has 2 heterocycles. The van der Waals surface area contributed by atoms with Gasteiger partial charge in [-0.2, -0.15) is 0 Å². The van der Waals surface area contributed by atoms with Gasteiger partial charge in [-0.25, -0.2) is 0 Å². The summed E-state index contributed by atoms with van der Waals surface area (Å²) in [6.45, 7) is 0. The molecule has 11 rings (SSSR count). The first-order valence-corrected chi connectivity index (χ1v) is 15.3. The van der Waals surface area contributed by atoms with Gasteiger partial charge in [-0.1, -0.05) is 133 Å². The summed E-state index contributed by atoms with van der Waals surface area (Å²) in [6.07, 6.45) is 0. The van der Waals surface area contributed by atoms with Crippen LogP contribution in [-0.4, -0.2) is 0 Å². The van der Waals surface area contributed by atoms with E-state index in [0.717, 1.165) is 10.8 Å². The van der Waals surface area contributed by atoms with Gasteiger partial charge in [-0.15, -0.1) is 0 Å². The maximum absolute atomic E-state index is 10.3. The van der Waals surface area contributed by atoms with Crippen molar-refractivity contribution in [2.45, 2.75) is 5.41 Å². The first-order valence-electron chi connectivity index (χ1n) is 24.8. The number of hydrogen-bond acceptors (Lipinski definition) is 2. The van der Waals surface area contributed by atoms with Crippen molar-refractivity contribution in [2.24, 2.45) is 0 Å². The molecule has 8 aromatic carbocycles. The second-order valence-corrected chi connectivity index (χ2v) is 11.7. The molecular weight excluding hydrogens is 597 g/mol. The molecule has 2 heteroatoms. The number of ether oxygens (including phenoxy) is 1. The third kappa shape index (κ3) is 3.55. The molecule has 0 saturated carbocycles. The lowest BCUT2D eigenvalue weighted by molar-refractivity contribution is 0.436. The van der Waals surface area contributed by atoms with Crippen molar-refractivity contribution in [1.82, 2.24) is 0 Å². The van der Waals surface area contributed by atoms with Crippen molar-refractivity contribution >= 4 is 32.7 Å². The average Bonchev–Trinajstić information content (AvgIpc) is 3.85. The van der Waals surface area contributed by atoms with Gasteiger partial charge in [-0.3, -0.25) is 0 Å². The number of para-hydroxylation sites is 1. The van der Waals surface area contributed by atoms with Crippen LogP contribution in [0, 0.1) is 0 Å². The van der Waals surface area contributed by atoms with Gasteiger partial charge in [0.05, 0.1) is 31.5 Å². The van der Waals surface area contributed by atoms with E-state index in [2.05, 4.69) is 0 Å². The predicted molar refractivity (Wildman–Crippen MR) is 199 cm³/mol. The van der Waals surface area contributed by atoms with Crippen molar-refractivity contribution in [1.29, 1.82) is 0 Å². The lowest BCUT2D eigenvalue weighted by Gasteiger charge is -2.39. The molecule has 0 amide bonds. The van der Waals surface area contributed by atoms with Crippen LogP contribution in [0.15, 0.2) is 174 Å². The molecule has 1 aliphatic carbocycles. The Bertz CT molecular complexity index is 3830. The number of benzene rings is 8. The standard InChI is InChI=1S/C47H28O2/c1-2-13-30-28-45-37(26-29(30)12-1)46-36(18-11-23-44(46)49-45)33-15-4-3-14-32(33)31-24-25-43-41(27-31)47(40-21-9-10-22-42(40)48-43)38-19-7-5-16-34(38)35-17-6-8-20-39(35)47/h1-28H/i3D,4D,5D,6D,7D,8D,9D,10D,14D,15D,16D,17D,19D,20D,21D,22D,24D,25D,27D. The van der Waals surface area contributed by atoms with Crippen LogP contribution in [0.3, 0.4) is 0 Å². The summed E-state index contributed by atoms with van der Waals surface area (Å²) in [7, 11) is 0. The van der Waals surface area contributed by atoms with E-state index in [9.17, 15) is 13.7 Å². The van der Waals surface area contributed by atoms with Crippen LogP contribution in [0.5, 0.6) is 11.5 Å². The fraction of sp³-hybridized carbons (Fsp3) is 0.0213. The minimum atomic E-state index is -2.78.